The van der Waals surface area contributed by atoms with Gasteiger partial charge in [0.05, 0.1) is 42.6 Å². The van der Waals surface area contributed by atoms with Gasteiger partial charge in [0.25, 0.3) is 0 Å². The first-order valence-electron chi connectivity index (χ1n) is 8.03. The minimum Gasteiger partial charge on any atom is -0.496 e. The maximum absolute atomic E-state index is 12.3. The maximum atomic E-state index is 12.3. The molecule has 0 unspecified atom stereocenters. The summed E-state index contributed by atoms with van der Waals surface area (Å²) in [6.45, 7) is 0. The van der Waals surface area contributed by atoms with Gasteiger partial charge < -0.3 is 19.5 Å². The first kappa shape index (κ1) is 21.2. The third-order valence-electron chi connectivity index (χ3n) is 3.71. The molecule has 0 bridgehead atoms. The smallest absolute Gasteiger partial charge is 0.339 e. The van der Waals surface area contributed by atoms with Crippen LogP contribution in [0.3, 0.4) is 0 Å². The normalized spacial score (nSPS) is 10.4. The molecule has 0 aliphatic heterocycles. The number of nitrogens with one attached hydrogen (secondary N) is 1. The Kier molecular flexibility index (Phi) is 7.34. The molecule has 0 aliphatic rings. The van der Waals surface area contributed by atoms with Crippen molar-refractivity contribution in [3.05, 3.63) is 63.6 Å². The van der Waals surface area contributed by atoms with Gasteiger partial charge >= 0.3 is 11.9 Å². The molecule has 0 heterocycles. The predicted molar refractivity (Wildman–Crippen MR) is 107 cm³/mol. The van der Waals surface area contributed by atoms with Gasteiger partial charge in [-0.1, -0.05) is 6.07 Å². The van der Waals surface area contributed by atoms with Crippen LogP contribution in [0.5, 0.6) is 5.75 Å². The molecule has 0 spiro atoms. The SMILES string of the molecule is COC(=O)c1ccc(C(=O)OC)c(NC(=O)/C=C/c2ccc(OC)c(Br)c2)c1. The van der Waals surface area contributed by atoms with Crippen molar-refractivity contribution in [2.75, 3.05) is 26.6 Å². The lowest BCUT2D eigenvalue weighted by Crippen LogP contribution is -2.14. The van der Waals surface area contributed by atoms with Crippen molar-refractivity contribution in [1.29, 1.82) is 0 Å². The number of ether oxygens (including phenoxy) is 3. The number of amides is 1. The van der Waals surface area contributed by atoms with Crippen LogP contribution in [0.15, 0.2) is 46.9 Å². The van der Waals surface area contributed by atoms with E-state index >= 15 is 0 Å². The van der Waals surface area contributed by atoms with Gasteiger partial charge in [-0.25, -0.2) is 9.59 Å². The van der Waals surface area contributed by atoms with E-state index in [0.29, 0.717) is 5.75 Å². The predicted octanol–water partition coefficient (Wildman–Crippen LogP) is 3.68. The van der Waals surface area contributed by atoms with E-state index in [-0.39, 0.29) is 16.8 Å². The van der Waals surface area contributed by atoms with E-state index in [9.17, 15) is 14.4 Å². The molecule has 0 fully saturated rings. The third kappa shape index (κ3) is 5.20. The Morgan fingerprint density at radius 3 is 2.29 bits per heavy atom. The number of carbonyl (C=O) groups is 3. The van der Waals surface area contributed by atoms with Crippen LogP contribution in [0.2, 0.25) is 0 Å². The molecule has 8 heteroatoms. The molecule has 28 heavy (non-hydrogen) atoms. The summed E-state index contributed by atoms with van der Waals surface area (Å²) < 4.78 is 15.3. The molecule has 0 atom stereocenters. The van der Waals surface area contributed by atoms with E-state index < -0.39 is 17.8 Å². The summed E-state index contributed by atoms with van der Waals surface area (Å²) >= 11 is 3.38. The zero-order valence-electron chi connectivity index (χ0n) is 15.4. The minimum atomic E-state index is -0.644. The third-order valence-corrected chi connectivity index (χ3v) is 4.33. The summed E-state index contributed by atoms with van der Waals surface area (Å²) in [5.41, 5.74) is 1.21. The summed E-state index contributed by atoms with van der Waals surface area (Å²) in [6.07, 6.45) is 2.90. The maximum Gasteiger partial charge on any atom is 0.339 e. The molecule has 7 nitrogen and oxygen atoms in total. The fourth-order valence-corrected chi connectivity index (χ4v) is 2.87. The number of benzene rings is 2. The van der Waals surface area contributed by atoms with Crippen molar-refractivity contribution in [3.8, 4) is 5.75 Å². The standard InChI is InChI=1S/C20H18BrNO6/c1-26-17-8-4-12(10-15(17)21)5-9-18(23)22-16-11-13(19(24)27-2)6-7-14(16)20(25)28-3/h4-11H,1-3H3,(H,22,23)/b9-5+. The zero-order chi connectivity index (χ0) is 20.7. The van der Waals surface area contributed by atoms with E-state index in [0.717, 1.165) is 10.0 Å². The fourth-order valence-electron chi connectivity index (χ4n) is 2.31. The molecule has 0 saturated heterocycles. The van der Waals surface area contributed by atoms with Gasteiger partial charge in [0.2, 0.25) is 5.91 Å². The molecule has 1 amide bonds. The minimum absolute atomic E-state index is 0.115. The number of esters is 2. The molecular formula is C20H18BrNO6. The number of rotatable bonds is 6. The molecule has 146 valence electrons. The van der Waals surface area contributed by atoms with Crippen LogP contribution in [0.25, 0.3) is 6.08 Å². The highest BCUT2D eigenvalue weighted by Crippen LogP contribution is 2.26. The molecule has 0 saturated carbocycles. The van der Waals surface area contributed by atoms with E-state index in [1.807, 2.05) is 0 Å². The van der Waals surface area contributed by atoms with Crippen LogP contribution in [0.1, 0.15) is 26.3 Å². The van der Waals surface area contributed by atoms with Crippen LogP contribution >= 0.6 is 15.9 Å². The van der Waals surface area contributed by atoms with E-state index in [1.165, 1.54) is 38.5 Å². The topological polar surface area (TPSA) is 90.9 Å². The van der Waals surface area contributed by atoms with E-state index in [2.05, 4.69) is 26.0 Å². The number of methoxy groups -OCH3 is 3. The molecule has 2 aromatic carbocycles. The van der Waals surface area contributed by atoms with Gasteiger partial charge in [0, 0.05) is 6.08 Å². The van der Waals surface area contributed by atoms with Gasteiger partial charge in [-0.3, -0.25) is 4.79 Å². The highest BCUT2D eigenvalue weighted by atomic mass is 79.9. The Bertz CT molecular complexity index is 938. The summed E-state index contributed by atoms with van der Waals surface area (Å²) in [5, 5.41) is 2.58. The number of carbonyl (C=O) groups excluding carboxylic acids is 3. The highest BCUT2D eigenvalue weighted by molar-refractivity contribution is 9.10. The molecule has 2 rings (SSSR count). The highest BCUT2D eigenvalue weighted by Gasteiger charge is 2.16. The summed E-state index contributed by atoms with van der Waals surface area (Å²) in [7, 11) is 4.03. The van der Waals surface area contributed by atoms with Crippen molar-refractivity contribution in [2.24, 2.45) is 0 Å². The largest absolute Gasteiger partial charge is 0.496 e. The van der Waals surface area contributed by atoms with E-state index in [1.54, 1.807) is 31.4 Å². The number of anilines is 1. The number of halogens is 1. The molecular weight excluding hydrogens is 430 g/mol. The summed E-state index contributed by atoms with van der Waals surface area (Å²) in [6, 6.07) is 9.49. The zero-order valence-corrected chi connectivity index (χ0v) is 17.0. The number of hydrogen-bond donors (Lipinski definition) is 1. The molecule has 0 aromatic heterocycles. The molecule has 2 aromatic rings. The average molecular weight is 448 g/mol. The van der Waals surface area contributed by atoms with Crippen LogP contribution in [0, 0.1) is 0 Å². The summed E-state index contributed by atoms with van der Waals surface area (Å²) in [4.78, 5) is 35.9. The molecule has 0 radical (unpaired) electrons. The molecule has 1 N–H and O–H groups in total. The van der Waals surface area contributed by atoms with Crippen molar-refractivity contribution >= 4 is 45.5 Å². The summed E-state index contributed by atoms with van der Waals surface area (Å²) in [5.74, 6) is -1.05. The van der Waals surface area contributed by atoms with Crippen molar-refractivity contribution in [3.63, 3.8) is 0 Å². The lowest BCUT2D eigenvalue weighted by Gasteiger charge is -2.10. The van der Waals surface area contributed by atoms with Gasteiger partial charge in [0.1, 0.15) is 5.75 Å². The first-order valence-corrected chi connectivity index (χ1v) is 8.82. The lowest BCUT2D eigenvalue weighted by molar-refractivity contribution is -0.111. The first-order chi connectivity index (χ1) is 13.4. The van der Waals surface area contributed by atoms with Crippen molar-refractivity contribution in [2.45, 2.75) is 0 Å². The second-order valence-corrected chi connectivity index (χ2v) is 6.31. The second kappa shape index (κ2) is 9.70. The quantitative estimate of drug-likeness (QED) is 0.536. The van der Waals surface area contributed by atoms with Gasteiger partial charge in [0.15, 0.2) is 0 Å². The Hall–Kier alpha value is -3.13. The van der Waals surface area contributed by atoms with E-state index in [4.69, 9.17) is 9.47 Å². The van der Waals surface area contributed by atoms with Crippen LogP contribution < -0.4 is 10.1 Å². The van der Waals surface area contributed by atoms with Crippen molar-refractivity contribution < 1.29 is 28.6 Å². The Balaban J connectivity index is 2.24. The second-order valence-electron chi connectivity index (χ2n) is 5.46. The number of hydrogen-bond acceptors (Lipinski definition) is 6. The Morgan fingerprint density at radius 2 is 1.68 bits per heavy atom. The van der Waals surface area contributed by atoms with Gasteiger partial charge in [-0.15, -0.1) is 0 Å². The average Bonchev–Trinajstić information content (AvgIpc) is 2.71. The lowest BCUT2D eigenvalue weighted by atomic mass is 10.1. The van der Waals surface area contributed by atoms with Crippen LogP contribution in [0.4, 0.5) is 5.69 Å². The Labute approximate surface area is 170 Å². The monoisotopic (exact) mass is 447 g/mol. The van der Waals surface area contributed by atoms with Crippen molar-refractivity contribution in [1.82, 2.24) is 0 Å². The van der Waals surface area contributed by atoms with Gasteiger partial charge in [-0.05, 0) is 57.9 Å². The van der Waals surface area contributed by atoms with Crippen LogP contribution in [-0.4, -0.2) is 39.2 Å². The Morgan fingerprint density at radius 1 is 0.964 bits per heavy atom. The molecule has 0 aliphatic carbocycles. The van der Waals surface area contributed by atoms with Gasteiger partial charge in [-0.2, -0.15) is 0 Å². The fraction of sp³-hybridized carbons (Fsp3) is 0.150. The van der Waals surface area contributed by atoms with Crippen LogP contribution in [-0.2, 0) is 14.3 Å².